The highest BCUT2D eigenvalue weighted by atomic mass is 79.9. The third-order valence-corrected chi connectivity index (χ3v) is 4.85. The topological polar surface area (TPSA) is 3.24 Å². The summed E-state index contributed by atoms with van der Waals surface area (Å²) in [6.45, 7) is 6.55. The molecule has 19 heavy (non-hydrogen) atoms. The van der Waals surface area contributed by atoms with E-state index in [1.807, 2.05) is 6.07 Å². The van der Waals surface area contributed by atoms with Crippen LogP contribution in [0.3, 0.4) is 0 Å². The molecule has 1 aromatic rings. The van der Waals surface area contributed by atoms with Gasteiger partial charge in [-0.05, 0) is 42.7 Å². The fourth-order valence-electron chi connectivity index (χ4n) is 3.03. The maximum atomic E-state index is 14.1. The molecule has 1 aliphatic rings. The lowest BCUT2D eigenvalue weighted by Gasteiger charge is -2.26. The molecular weight excluding hydrogens is 305 g/mol. The highest BCUT2D eigenvalue weighted by molar-refractivity contribution is 9.08. The molecular formula is C16H23BrFN. The van der Waals surface area contributed by atoms with Crippen LogP contribution in [0, 0.1) is 17.7 Å². The molecule has 1 unspecified atom stereocenters. The van der Waals surface area contributed by atoms with E-state index in [4.69, 9.17) is 0 Å². The van der Waals surface area contributed by atoms with Crippen LogP contribution >= 0.6 is 15.9 Å². The van der Waals surface area contributed by atoms with E-state index in [0.29, 0.717) is 5.33 Å². The zero-order chi connectivity index (χ0) is 13.8. The lowest BCUT2D eigenvalue weighted by atomic mass is 9.89. The van der Waals surface area contributed by atoms with Crippen LogP contribution in [0.25, 0.3) is 0 Å². The van der Waals surface area contributed by atoms with Crippen LogP contribution in [0.5, 0.6) is 0 Å². The number of rotatable bonds is 3. The first kappa shape index (κ1) is 14.8. The average Bonchev–Trinajstić information content (AvgIpc) is 2.64. The van der Waals surface area contributed by atoms with Crippen LogP contribution in [-0.4, -0.2) is 13.1 Å². The summed E-state index contributed by atoms with van der Waals surface area (Å²) in [6, 6.07) is 5.38. The Morgan fingerprint density at radius 1 is 1.32 bits per heavy atom. The molecule has 1 nitrogen and oxygen atoms in total. The largest absolute Gasteiger partial charge is 0.369 e. The van der Waals surface area contributed by atoms with Gasteiger partial charge in [0, 0.05) is 18.4 Å². The van der Waals surface area contributed by atoms with Crippen molar-refractivity contribution in [2.24, 2.45) is 11.8 Å². The Bertz CT molecular complexity index is 419. The lowest BCUT2D eigenvalue weighted by Crippen LogP contribution is -2.26. The molecule has 0 N–H and O–H groups in total. The fraction of sp³-hybridized carbons (Fsp3) is 0.625. The van der Waals surface area contributed by atoms with Crippen LogP contribution in [-0.2, 0) is 5.33 Å². The number of benzene rings is 1. The standard InChI is InChI=1S/C16H23BrFN/c1-12(2)13-6-4-9-19(10-8-13)16-14(11-17)5-3-7-15(16)18/h3,5,7,12-13H,4,6,8-11H2,1-2H3. The first-order chi connectivity index (χ1) is 9.13. The minimum atomic E-state index is -0.0834. The predicted molar refractivity (Wildman–Crippen MR) is 83.4 cm³/mol. The molecule has 1 atom stereocenters. The Hall–Kier alpha value is -0.570. The van der Waals surface area contributed by atoms with E-state index >= 15 is 0 Å². The lowest BCUT2D eigenvalue weighted by molar-refractivity contribution is 0.351. The van der Waals surface area contributed by atoms with Gasteiger partial charge in [0.2, 0.25) is 0 Å². The van der Waals surface area contributed by atoms with Crippen LogP contribution in [0.1, 0.15) is 38.7 Å². The third kappa shape index (κ3) is 3.50. The van der Waals surface area contributed by atoms with Crippen LogP contribution in [0.15, 0.2) is 18.2 Å². The van der Waals surface area contributed by atoms with E-state index < -0.39 is 0 Å². The first-order valence-corrected chi connectivity index (χ1v) is 8.34. The van der Waals surface area contributed by atoms with E-state index in [0.717, 1.165) is 36.2 Å². The minimum absolute atomic E-state index is 0.0834. The van der Waals surface area contributed by atoms with E-state index in [1.54, 1.807) is 12.1 Å². The quantitative estimate of drug-likeness (QED) is 0.707. The molecule has 0 radical (unpaired) electrons. The van der Waals surface area contributed by atoms with Gasteiger partial charge >= 0.3 is 0 Å². The van der Waals surface area contributed by atoms with Gasteiger partial charge in [0.1, 0.15) is 5.82 Å². The molecule has 3 heteroatoms. The van der Waals surface area contributed by atoms with E-state index in [2.05, 4.69) is 34.7 Å². The number of nitrogens with zero attached hydrogens (tertiary/aromatic N) is 1. The SMILES string of the molecule is CC(C)C1CCCN(c2c(F)cccc2CBr)CC1. The van der Waals surface area contributed by atoms with Gasteiger partial charge in [0.25, 0.3) is 0 Å². The molecule has 106 valence electrons. The number of hydrogen-bond acceptors (Lipinski definition) is 1. The molecule has 2 rings (SSSR count). The van der Waals surface area contributed by atoms with Gasteiger partial charge in [-0.1, -0.05) is 41.9 Å². The van der Waals surface area contributed by atoms with E-state index in [9.17, 15) is 4.39 Å². The average molecular weight is 328 g/mol. The van der Waals surface area contributed by atoms with Crippen molar-refractivity contribution in [2.75, 3.05) is 18.0 Å². The van der Waals surface area contributed by atoms with Gasteiger partial charge in [-0.3, -0.25) is 0 Å². The van der Waals surface area contributed by atoms with Gasteiger partial charge < -0.3 is 4.90 Å². The van der Waals surface area contributed by atoms with Gasteiger partial charge in [0.15, 0.2) is 0 Å². The molecule has 0 aromatic heterocycles. The summed E-state index contributed by atoms with van der Waals surface area (Å²) in [5.41, 5.74) is 1.87. The summed E-state index contributed by atoms with van der Waals surface area (Å²) in [6.07, 6.45) is 3.61. The summed E-state index contributed by atoms with van der Waals surface area (Å²) in [4.78, 5) is 2.24. The van der Waals surface area contributed by atoms with Crippen LogP contribution < -0.4 is 4.90 Å². The highest BCUT2D eigenvalue weighted by Crippen LogP contribution is 2.31. The summed E-state index contributed by atoms with van der Waals surface area (Å²) in [7, 11) is 0. The number of anilines is 1. The molecule has 1 aromatic carbocycles. The second-order valence-corrected chi connectivity index (χ2v) is 6.36. The number of halogens is 2. The molecule has 0 amide bonds. The van der Waals surface area contributed by atoms with E-state index in [-0.39, 0.29) is 5.82 Å². The molecule has 1 aliphatic heterocycles. The Labute approximate surface area is 124 Å². The smallest absolute Gasteiger partial charge is 0.146 e. The van der Waals surface area contributed by atoms with Crippen molar-refractivity contribution in [2.45, 2.75) is 38.4 Å². The number of para-hydroxylation sites is 1. The number of alkyl halides is 1. The van der Waals surface area contributed by atoms with Crippen molar-refractivity contribution in [1.82, 2.24) is 0 Å². The second-order valence-electron chi connectivity index (χ2n) is 5.80. The third-order valence-electron chi connectivity index (χ3n) is 4.25. The molecule has 0 bridgehead atoms. The zero-order valence-electron chi connectivity index (χ0n) is 11.8. The molecule has 0 saturated carbocycles. The van der Waals surface area contributed by atoms with E-state index in [1.165, 1.54) is 19.3 Å². The highest BCUT2D eigenvalue weighted by Gasteiger charge is 2.22. The van der Waals surface area contributed by atoms with Crippen molar-refractivity contribution >= 4 is 21.6 Å². The summed E-state index contributed by atoms with van der Waals surface area (Å²) in [5.74, 6) is 1.43. The van der Waals surface area contributed by atoms with Crippen molar-refractivity contribution in [1.29, 1.82) is 0 Å². The van der Waals surface area contributed by atoms with Gasteiger partial charge in [-0.2, -0.15) is 0 Å². The van der Waals surface area contributed by atoms with Crippen molar-refractivity contribution in [3.8, 4) is 0 Å². The van der Waals surface area contributed by atoms with Crippen molar-refractivity contribution < 1.29 is 4.39 Å². The minimum Gasteiger partial charge on any atom is -0.369 e. The summed E-state index contributed by atoms with van der Waals surface area (Å²) >= 11 is 3.47. The van der Waals surface area contributed by atoms with Crippen LogP contribution in [0.2, 0.25) is 0 Å². The maximum absolute atomic E-state index is 14.1. The number of hydrogen-bond donors (Lipinski definition) is 0. The molecule has 1 fully saturated rings. The Morgan fingerprint density at radius 3 is 2.79 bits per heavy atom. The Balaban J connectivity index is 2.18. The van der Waals surface area contributed by atoms with Gasteiger partial charge in [-0.25, -0.2) is 4.39 Å². The monoisotopic (exact) mass is 327 g/mol. The first-order valence-electron chi connectivity index (χ1n) is 7.21. The predicted octanol–water partition coefficient (Wildman–Crippen LogP) is 4.98. The summed E-state index contributed by atoms with van der Waals surface area (Å²) < 4.78 is 14.1. The molecule has 0 spiro atoms. The Morgan fingerprint density at radius 2 is 2.11 bits per heavy atom. The molecule has 0 aliphatic carbocycles. The summed E-state index contributed by atoms with van der Waals surface area (Å²) in [5, 5.41) is 0.713. The fourth-order valence-corrected chi connectivity index (χ4v) is 3.49. The Kier molecular flexibility index (Phi) is 5.26. The van der Waals surface area contributed by atoms with Crippen molar-refractivity contribution in [3.05, 3.63) is 29.6 Å². The molecule has 1 saturated heterocycles. The van der Waals surface area contributed by atoms with Crippen molar-refractivity contribution in [3.63, 3.8) is 0 Å². The second kappa shape index (κ2) is 6.74. The van der Waals surface area contributed by atoms with Gasteiger partial charge in [-0.15, -0.1) is 0 Å². The zero-order valence-corrected chi connectivity index (χ0v) is 13.4. The maximum Gasteiger partial charge on any atom is 0.146 e. The van der Waals surface area contributed by atoms with Gasteiger partial charge in [0.05, 0.1) is 5.69 Å². The van der Waals surface area contributed by atoms with Crippen LogP contribution in [0.4, 0.5) is 10.1 Å². The normalized spacial score (nSPS) is 20.7. The molecule has 1 heterocycles.